The van der Waals surface area contributed by atoms with Crippen molar-refractivity contribution in [3.05, 3.63) is 156 Å². The first-order valence-corrected chi connectivity index (χ1v) is 16.1. The minimum atomic E-state index is 0.195. The van der Waals surface area contributed by atoms with E-state index in [0.29, 0.717) is 12.8 Å². The fraction of sp³-hybridized carbons (Fsp3) is 0.0909. The highest BCUT2D eigenvalue weighted by atomic mass is 16.1. The Labute approximate surface area is 268 Å². The first-order valence-electron chi connectivity index (χ1n) is 16.1. The molecule has 0 spiro atoms. The summed E-state index contributed by atoms with van der Waals surface area (Å²) in [6, 6.07) is 46.7. The van der Waals surface area contributed by atoms with E-state index in [2.05, 4.69) is 121 Å². The fourth-order valence-electron chi connectivity index (χ4n) is 7.86. The van der Waals surface area contributed by atoms with Crippen molar-refractivity contribution in [3.8, 4) is 44.5 Å². The van der Waals surface area contributed by atoms with Gasteiger partial charge in [-0.3, -0.25) is 9.59 Å². The molecule has 0 N–H and O–H groups in total. The van der Waals surface area contributed by atoms with E-state index >= 15 is 0 Å². The van der Waals surface area contributed by atoms with Crippen LogP contribution in [0.1, 0.15) is 44.7 Å². The number of carbonyl (C=O) groups is 2. The molecule has 0 amide bonds. The molecule has 9 rings (SSSR count). The summed E-state index contributed by atoms with van der Waals surface area (Å²) in [5.41, 5.74) is 12.3. The van der Waals surface area contributed by atoms with Crippen LogP contribution in [-0.4, -0.2) is 11.6 Å². The monoisotopic (exact) mass is 590 g/mol. The molecule has 0 saturated heterocycles. The van der Waals surface area contributed by atoms with E-state index in [4.69, 9.17) is 0 Å². The molecule has 0 fully saturated rings. The summed E-state index contributed by atoms with van der Waals surface area (Å²) >= 11 is 0. The molecule has 2 nitrogen and oxygen atoms in total. The zero-order valence-electron chi connectivity index (χ0n) is 25.3. The number of rotatable bonds is 4. The topological polar surface area (TPSA) is 34.1 Å². The summed E-state index contributed by atoms with van der Waals surface area (Å²) in [6.07, 6.45) is 2.57. The van der Waals surface area contributed by atoms with Crippen LogP contribution >= 0.6 is 0 Å². The first kappa shape index (κ1) is 26.8. The van der Waals surface area contributed by atoms with Crippen LogP contribution < -0.4 is 0 Å². The smallest absolute Gasteiger partial charge is 0.164 e. The second-order valence-corrected chi connectivity index (χ2v) is 12.5. The van der Waals surface area contributed by atoms with Gasteiger partial charge in [-0.1, -0.05) is 121 Å². The SMILES string of the molecule is O=C1CCc2cccc3ccc(-c4cc(-c5ccccc5)c(-c5ccc6cccc7c6c5C(=O)CC7)cc4-c4ccccc4)c1c23. The van der Waals surface area contributed by atoms with Gasteiger partial charge in [0, 0.05) is 24.0 Å². The predicted molar refractivity (Wildman–Crippen MR) is 189 cm³/mol. The average molecular weight is 591 g/mol. The number of aryl methyl sites for hydroxylation is 2. The fourth-order valence-corrected chi connectivity index (χ4v) is 7.86. The second-order valence-electron chi connectivity index (χ2n) is 12.5. The van der Waals surface area contributed by atoms with Crippen LogP contribution in [-0.2, 0) is 12.8 Å². The Morgan fingerprint density at radius 2 is 0.783 bits per heavy atom. The number of hydrogen-bond acceptors (Lipinski definition) is 2. The lowest BCUT2D eigenvalue weighted by atomic mass is 9.78. The molecule has 7 aromatic carbocycles. The zero-order chi connectivity index (χ0) is 30.8. The largest absolute Gasteiger partial charge is 0.294 e. The van der Waals surface area contributed by atoms with Gasteiger partial charge in [0.2, 0.25) is 0 Å². The van der Waals surface area contributed by atoms with Crippen molar-refractivity contribution >= 4 is 33.1 Å². The van der Waals surface area contributed by atoms with Gasteiger partial charge >= 0.3 is 0 Å². The number of Topliss-reactive ketones (excluding diaryl/α,β-unsaturated/α-hetero) is 2. The maximum absolute atomic E-state index is 13.8. The third-order valence-corrected chi connectivity index (χ3v) is 9.97. The molecule has 218 valence electrons. The number of hydrogen-bond donors (Lipinski definition) is 0. The van der Waals surface area contributed by atoms with Crippen LogP contribution in [0.5, 0.6) is 0 Å². The highest BCUT2D eigenvalue weighted by Gasteiger charge is 2.28. The number of carbonyl (C=O) groups excluding carboxylic acids is 2. The van der Waals surface area contributed by atoms with Gasteiger partial charge in [0.1, 0.15) is 0 Å². The molecule has 0 aromatic heterocycles. The Morgan fingerprint density at radius 3 is 1.22 bits per heavy atom. The van der Waals surface area contributed by atoms with E-state index in [1.54, 1.807) is 0 Å². The normalized spacial score (nSPS) is 13.8. The summed E-state index contributed by atoms with van der Waals surface area (Å²) in [7, 11) is 0. The second kappa shape index (κ2) is 10.5. The van der Waals surface area contributed by atoms with Crippen molar-refractivity contribution in [2.24, 2.45) is 0 Å². The zero-order valence-corrected chi connectivity index (χ0v) is 25.3. The molecule has 46 heavy (non-hydrogen) atoms. The lowest BCUT2D eigenvalue weighted by molar-refractivity contribution is 0.0974. The van der Waals surface area contributed by atoms with Gasteiger partial charge in [-0.15, -0.1) is 0 Å². The molecule has 0 bridgehead atoms. The van der Waals surface area contributed by atoms with Crippen LogP contribution in [0, 0.1) is 0 Å². The molecule has 2 aliphatic rings. The molecular formula is C44H30O2. The standard InChI is InChI=1S/C44H30O2/c45-39-23-19-31-15-7-13-29-17-21-33(43(39)41(29)31)37-26-36(28-11-5-2-6-12-28)38(25-35(37)27-9-3-1-4-10-27)34-22-18-30-14-8-16-32-20-24-40(46)44(34)42(30)32/h1-18,21-22,25-26H,19-20,23-24H2. The van der Waals surface area contributed by atoms with Gasteiger partial charge in [-0.2, -0.15) is 0 Å². The van der Waals surface area contributed by atoms with Crippen molar-refractivity contribution in [2.45, 2.75) is 25.7 Å². The summed E-state index contributed by atoms with van der Waals surface area (Å²) in [6.45, 7) is 0. The lowest BCUT2D eigenvalue weighted by Gasteiger charge is -2.25. The first-order chi connectivity index (χ1) is 22.7. The Hall–Kier alpha value is -5.60. The van der Waals surface area contributed by atoms with Gasteiger partial charge in [0.25, 0.3) is 0 Å². The van der Waals surface area contributed by atoms with E-state index in [1.807, 2.05) is 12.1 Å². The maximum Gasteiger partial charge on any atom is 0.164 e. The van der Waals surface area contributed by atoms with Crippen molar-refractivity contribution < 1.29 is 9.59 Å². The van der Waals surface area contributed by atoms with E-state index in [1.165, 1.54) is 11.1 Å². The van der Waals surface area contributed by atoms with Crippen LogP contribution in [0.25, 0.3) is 66.1 Å². The summed E-state index contributed by atoms with van der Waals surface area (Å²) in [5.74, 6) is 0.390. The minimum absolute atomic E-state index is 0.195. The molecule has 7 aromatic rings. The van der Waals surface area contributed by atoms with Crippen molar-refractivity contribution in [1.82, 2.24) is 0 Å². The van der Waals surface area contributed by atoms with Crippen molar-refractivity contribution in [3.63, 3.8) is 0 Å². The van der Waals surface area contributed by atoms with E-state index in [0.717, 1.165) is 90.0 Å². The highest BCUT2D eigenvalue weighted by molar-refractivity contribution is 6.19. The Kier molecular flexibility index (Phi) is 6.11. The molecule has 0 aliphatic heterocycles. The summed E-state index contributed by atoms with van der Waals surface area (Å²) in [4.78, 5) is 27.6. The molecular weight excluding hydrogens is 560 g/mol. The van der Waals surface area contributed by atoms with Gasteiger partial charge in [0.05, 0.1) is 0 Å². The highest BCUT2D eigenvalue weighted by Crippen LogP contribution is 2.47. The summed E-state index contributed by atoms with van der Waals surface area (Å²) in [5, 5.41) is 4.38. The Balaban J connectivity index is 1.42. The van der Waals surface area contributed by atoms with Crippen LogP contribution in [0.2, 0.25) is 0 Å². The van der Waals surface area contributed by atoms with Gasteiger partial charge in [0.15, 0.2) is 11.6 Å². The van der Waals surface area contributed by atoms with Crippen LogP contribution in [0.4, 0.5) is 0 Å². The third kappa shape index (κ3) is 4.10. The molecule has 0 heterocycles. The average Bonchev–Trinajstić information content (AvgIpc) is 3.11. The summed E-state index contributed by atoms with van der Waals surface area (Å²) < 4.78 is 0. The van der Waals surface area contributed by atoms with Gasteiger partial charge in [-0.05, 0) is 102 Å². The minimum Gasteiger partial charge on any atom is -0.294 e. The molecule has 0 radical (unpaired) electrons. The number of ketones is 2. The van der Waals surface area contributed by atoms with E-state index in [9.17, 15) is 9.59 Å². The third-order valence-electron chi connectivity index (χ3n) is 9.97. The van der Waals surface area contributed by atoms with Gasteiger partial charge < -0.3 is 0 Å². The molecule has 2 heteroatoms. The lowest BCUT2D eigenvalue weighted by Crippen LogP contribution is -2.12. The van der Waals surface area contributed by atoms with Crippen molar-refractivity contribution in [2.75, 3.05) is 0 Å². The molecule has 0 atom stereocenters. The van der Waals surface area contributed by atoms with Gasteiger partial charge in [-0.25, -0.2) is 0 Å². The van der Waals surface area contributed by atoms with Crippen LogP contribution in [0.15, 0.2) is 133 Å². The molecule has 2 aliphatic carbocycles. The maximum atomic E-state index is 13.8. The quantitative estimate of drug-likeness (QED) is 0.204. The van der Waals surface area contributed by atoms with E-state index in [-0.39, 0.29) is 11.6 Å². The van der Waals surface area contributed by atoms with Crippen molar-refractivity contribution in [1.29, 1.82) is 0 Å². The van der Waals surface area contributed by atoms with E-state index < -0.39 is 0 Å². The molecule has 0 unspecified atom stereocenters. The predicted octanol–water partition coefficient (Wildman–Crippen LogP) is 10.9. The Morgan fingerprint density at radius 1 is 0.348 bits per heavy atom. The Bertz CT molecular complexity index is 2210. The molecule has 0 saturated carbocycles. The van der Waals surface area contributed by atoms with Crippen LogP contribution in [0.3, 0.4) is 0 Å². The number of benzene rings is 7.